The van der Waals surface area contributed by atoms with Gasteiger partial charge in [0.2, 0.25) is 0 Å². The van der Waals surface area contributed by atoms with Crippen molar-refractivity contribution in [2.45, 2.75) is 20.8 Å². The summed E-state index contributed by atoms with van der Waals surface area (Å²) >= 11 is 0. The van der Waals surface area contributed by atoms with Crippen LogP contribution < -0.4 is 5.56 Å². The topological polar surface area (TPSA) is 49.9 Å². The summed E-state index contributed by atoms with van der Waals surface area (Å²) in [5.74, 6) is -0.278. The number of benzene rings is 2. The first-order valence-corrected chi connectivity index (χ1v) is 7.88. The second-order valence-electron chi connectivity index (χ2n) is 6.06. The number of hydrogen-bond acceptors (Lipinski definition) is 2. The first-order chi connectivity index (χ1) is 11.5. The van der Waals surface area contributed by atoms with Crippen LogP contribution in [0.15, 0.2) is 53.3 Å². The van der Waals surface area contributed by atoms with Crippen LogP contribution in [0, 0.1) is 20.8 Å². The number of aryl methyl sites for hydroxylation is 3. The average molecular weight is 317 g/mol. The smallest absolute Gasteiger partial charge is 0.259 e. The highest BCUT2D eigenvalue weighted by atomic mass is 16.1. The lowest BCUT2D eigenvalue weighted by Gasteiger charge is -2.09. The van der Waals surface area contributed by atoms with E-state index in [0.717, 1.165) is 33.2 Å². The molecule has 3 heteroatoms. The average Bonchev–Trinajstić information content (AvgIpc) is 2.54. The molecule has 0 bridgehead atoms. The Bertz CT molecular complexity index is 1010. The molecule has 3 rings (SSSR count). The molecule has 3 aromatic rings. The summed E-state index contributed by atoms with van der Waals surface area (Å²) in [7, 11) is 0. The molecule has 120 valence electrons. The number of ketones is 1. The summed E-state index contributed by atoms with van der Waals surface area (Å²) in [4.78, 5) is 27.7. The van der Waals surface area contributed by atoms with Crippen LogP contribution >= 0.6 is 0 Å². The highest BCUT2D eigenvalue weighted by Crippen LogP contribution is 2.21. The van der Waals surface area contributed by atoms with Crippen LogP contribution in [0.3, 0.4) is 0 Å². The zero-order valence-electron chi connectivity index (χ0n) is 14.0. The van der Waals surface area contributed by atoms with Crippen molar-refractivity contribution in [3.8, 4) is 0 Å². The molecule has 0 fully saturated rings. The van der Waals surface area contributed by atoms with Crippen molar-refractivity contribution >= 4 is 22.8 Å². The van der Waals surface area contributed by atoms with Crippen molar-refractivity contribution in [2.75, 3.05) is 0 Å². The van der Waals surface area contributed by atoms with E-state index >= 15 is 0 Å². The standard InChI is InChI=1S/C21H19NO2/c1-13-7-9-16(10-8-13)11-12-18(23)20-15(3)19-14(2)5-4-6-17(19)22-21(20)24/h4-12H,1-3H3,(H,22,24). The van der Waals surface area contributed by atoms with Crippen LogP contribution in [0.5, 0.6) is 0 Å². The fraction of sp³-hybridized carbons (Fsp3) is 0.143. The van der Waals surface area contributed by atoms with Gasteiger partial charge in [-0.15, -0.1) is 0 Å². The molecule has 1 aromatic heterocycles. The minimum absolute atomic E-state index is 0.208. The van der Waals surface area contributed by atoms with Gasteiger partial charge in [0.05, 0.1) is 5.56 Å². The SMILES string of the molecule is Cc1ccc(C=CC(=O)c2c(C)c3c(C)cccc3[nH]c2=O)cc1. The summed E-state index contributed by atoms with van der Waals surface area (Å²) in [6.07, 6.45) is 3.20. The molecule has 24 heavy (non-hydrogen) atoms. The van der Waals surface area contributed by atoms with E-state index < -0.39 is 0 Å². The minimum Gasteiger partial charge on any atom is -0.321 e. The number of allylic oxidation sites excluding steroid dienone is 1. The van der Waals surface area contributed by atoms with Gasteiger partial charge >= 0.3 is 0 Å². The van der Waals surface area contributed by atoms with E-state index in [0.29, 0.717) is 0 Å². The summed E-state index contributed by atoms with van der Waals surface area (Å²) < 4.78 is 0. The highest BCUT2D eigenvalue weighted by Gasteiger charge is 2.15. The lowest BCUT2D eigenvalue weighted by Crippen LogP contribution is -2.19. The van der Waals surface area contributed by atoms with Gasteiger partial charge in [-0.05, 0) is 49.6 Å². The van der Waals surface area contributed by atoms with Crippen molar-refractivity contribution in [3.63, 3.8) is 0 Å². The van der Waals surface area contributed by atoms with Crippen LogP contribution in [0.1, 0.15) is 32.6 Å². The van der Waals surface area contributed by atoms with E-state index in [-0.39, 0.29) is 16.9 Å². The number of hydrogen-bond donors (Lipinski definition) is 1. The van der Waals surface area contributed by atoms with Crippen molar-refractivity contribution in [3.05, 3.63) is 86.7 Å². The predicted molar refractivity (Wildman–Crippen MR) is 98.6 cm³/mol. The van der Waals surface area contributed by atoms with E-state index in [1.165, 1.54) is 6.08 Å². The molecular formula is C21H19NO2. The van der Waals surface area contributed by atoms with Gasteiger partial charge in [0, 0.05) is 10.9 Å². The number of fused-ring (bicyclic) bond motifs is 1. The van der Waals surface area contributed by atoms with E-state index in [2.05, 4.69) is 4.98 Å². The van der Waals surface area contributed by atoms with Crippen molar-refractivity contribution in [1.29, 1.82) is 0 Å². The molecule has 0 spiro atoms. The summed E-state index contributed by atoms with van der Waals surface area (Å²) in [6, 6.07) is 13.6. The number of pyridine rings is 1. The van der Waals surface area contributed by atoms with Crippen LogP contribution in [0.25, 0.3) is 17.0 Å². The van der Waals surface area contributed by atoms with Gasteiger partial charge in [0.1, 0.15) is 0 Å². The Hall–Kier alpha value is -2.94. The molecule has 1 N–H and O–H groups in total. The number of carbonyl (C=O) groups is 1. The normalized spacial score (nSPS) is 11.3. The third kappa shape index (κ3) is 2.93. The number of aromatic amines is 1. The quantitative estimate of drug-likeness (QED) is 0.577. The van der Waals surface area contributed by atoms with Crippen molar-refractivity contribution in [2.24, 2.45) is 0 Å². The van der Waals surface area contributed by atoms with E-state index in [1.807, 2.05) is 63.2 Å². The molecule has 0 saturated carbocycles. The molecule has 0 atom stereocenters. The van der Waals surface area contributed by atoms with Gasteiger partial charge in [-0.2, -0.15) is 0 Å². The zero-order valence-corrected chi connectivity index (χ0v) is 14.0. The minimum atomic E-state index is -0.343. The highest BCUT2D eigenvalue weighted by molar-refractivity contribution is 6.09. The van der Waals surface area contributed by atoms with E-state index in [1.54, 1.807) is 6.08 Å². The molecule has 0 unspecified atom stereocenters. The lowest BCUT2D eigenvalue weighted by atomic mass is 9.98. The molecule has 0 amide bonds. The molecule has 0 radical (unpaired) electrons. The molecule has 0 saturated heterocycles. The maximum absolute atomic E-state index is 12.6. The number of rotatable bonds is 3. The van der Waals surface area contributed by atoms with Crippen LogP contribution in [-0.2, 0) is 0 Å². The molecule has 0 aliphatic carbocycles. The second-order valence-corrected chi connectivity index (χ2v) is 6.06. The fourth-order valence-electron chi connectivity index (χ4n) is 2.98. The Balaban J connectivity index is 2.05. The predicted octanol–water partition coefficient (Wildman–Crippen LogP) is 4.35. The third-order valence-electron chi connectivity index (χ3n) is 4.25. The fourth-order valence-corrected chi connectivity index (χ4v) is 2.98. The second kappa shape index (κ2) is 6.28. The van der Waals surface area contributed by atoms with Crippen LogP contribution in [0.2, 0.25) is 0 Å². The molecule has 0 aliphatic rings. The van der Waals surface area contributed by atoms with Gasteiger partial charge in [0.15, 0.2) is 5.78 Å². The molecule has 2 aromatic carbocycles. The first kappa shape index (κ1) is 15.9. The van der Waals surface area contributed by atoms with E-state index in [9.17, 15) is 9.59 Å². The summed E-state index contributed by atoms with van der Waals surface area (Å²) in [5, 5.41) is 0.934. The Morgan fingerprint density at radius 2 is 1.71 bits per heavy atom. The number of carbonyl (C=O) groups excluding carboxylic acids is 1. The molecule has 3 nitrogen and oxygen atoms in total. The monoisotopic (exact) mass is 317 g/mol. The lowest BCUT2D eigenvalue weighted by molar-refractivity contribution is 0.104. The van der Waals surface area contributed by atoms with Gasteiger partial charge in [-0.3, -0.25) is 9.59 Å². The van der Waals surface area contributed by atoms with Gasteiger partial charge < -0.3 is 4.98 Å². The number of aromatic nitrogens is 1. The Morgan fingerprint density at radius 3 is 2.42 bits per heavy atom. The van der Waals surface area contributed by atoms with Crippen molar-refractivity contribution < 1.29 is 4.79 Å². The molecular weight excluding hydrogens is 298 g/mol. The van der Waals surface area contributed by atoms with Crippen molar-refractivity contribution in [1.82, 2.24) is 4.98 Å². The Kier molecular flexibility index (Phi) is 4.17. The maximum Gasteiger partial charge on any atom is 0.259 e. The van der Waals surface area contributed by atoms with Gasteiger partial charge in [0.25, 0.3) is 5.56 Å². The zero-order chi connectivity index (χ0) is 17.3. The van der Waals surface area contributed by atoms with Crippen LogP contribution in [0.4, 0.5) is 0 Å². The third-order valence-corrected chi connectivity index (χ3v) is 4.25. The summed E-state index contributed by atoms with van der Waals surface area (Å²) in [5.41, 5.74) is 4.49. The van der Waals surface area contributed by atoms with Crippen LogP contribution in [-0.4, -0.2) is 10.8 Å². The molecule has 0 aliphatic heterocycles. The van der Waals surface area contributed by atoms with Gasteiger partial charge in [-0.1, -0.05) is 48.0 Å². The van der Waals surface area contributed by atoms with Gasteiger partial charge in [-0.25, -0.2) is 0 Å². The molecule has 1 heterocycles. The number of nitrogens with one attached hydrogen (secondary N) is 1. The Morgan fingerprint density at radius 1 is 1.00 bits per heavy atom. The first-order valence-electron chi connectivity index (χ1n) is 7.88. The Labute approximate surface area is 140 Å². The maximum atomic E-state index is 12.6. The summed E-state index contributed by atoms with van der Waals surface area (Å²) in [6.45, 7) is 5.82. The largest absolute Gasteiger partial charge is 0.321 e. The number of H-pyrrole nitrogens is 1. The van der Waals surface area contributed by atoms with E-state index in [4.69, 9.17) is 0 Å².